The molecular weight excluding hydrogens is 538 g/mol. The van der Waals surface area contributed by atoms with Gasteiger partial charge >= 0.3 is 0 Å². The van der Waals surface area contributed by atoms with E-state index in [0.717, 1.165) is 27.4 Å². The molecule has 3 aromatic rings. The van der Waals surface area contributed by atoms with Crippen LogP contribution in [0.4, 0.5) is 5.69 Å². The highest BCUT2D eigenvalue weighted by molar-refractivity contribution is 7.92. The van der Waals surface area contributed by atoms with Crippen LogP contribution in [0.25, 0.3) is 0 Å². The number of anilines is 1. The third-order valence-electron chi connectivity index (χ3n) is 7.18. The topological polar surface area (TPSA) is 96.0 Å². The molecule has 0 unspecified atom stereocenters. The average Bonchev–Trinajstić information content (AvgIpc) is 2.98. The fourth-order valence-electron chi connectivity index (χ4n) is 4.42. The average molecular weight is 580 g/mol. The van der Waals surface area contributed by atoms with Crippen LogP contribution >= 0.6 is 0 Å². The largest absolute Gasteiger partial charge is 0.497 e. The molecule has 0 saturated heterocycles. The fourth-order valence-corrected chi connectivity index (χ4v) is 5.87. The SMILES string of the molecule is CCc1ccccc1N(CC(=O)N(Cc1cccc(OC)c1)[C@@H](C)C(=O)N[C@H](C)CC)S(=O)(=O)c1ccc(C)cc1. The second-order valence-corrected chi connectivity index (χ2v) is 12.0. The molecule has 0 saturated carbocycles. The Morgan fingerprint density at radius 3 is 2.27 bits per heavy atom. The number of methoxy groups -OCH3 is 1. The number of sulfonamides is 1. The Labute approximate surface area is 244 Å². The molecule has 41 heavy (non-hydrogen) atoms. The predicted molar refractivity (Wildman–Crippen MR) is 162 cm³/mol. The zero-order valence-electron chi connectivity index (χ0n) is 24.8. The van der Waals surface area contributed by atoms with E-state index in [2.05, 4.69) is 5.32 Å². The molecule has 0 heterocycles. The number of carbonyl (C=O) groups excluding carboxylic acids is 2. The summed E-state index contributed by atoms with van der Waals surface area (Å²) in [5, 5.41) is 2.95. The van der Waals surface area contributed by atoms with Gasteiger partial charge in [0.15, 0.2) is 0 Å². The Bertz CT molecular complexity index is 1440. The number of rotatable bonds is 13. The maximum absolute atomic E-state index is 14.1. The molecule has 0 aliphatic rings. The van der Waals surface area contributed by atoms with Gasteiger partial charge in [-0.3, -0.25) is 13.9 Å². The number of hydrogen-bond donors (Lipinski definition) is 1. The third kappa shape index (κ3) is 7.88. The number of para-hydroxylation sites is 1. The minimum Gasteiger partial charge on any atom is -0.497 e. The number of carbonyl (C=O) groups is 2. The van der Waals surface area contributed by atoms with Crippen molar-refractivity contribution in [2.45, 2.75) is 71.0 Å². The summed E-state index contributed by atoms with van der Waals surface area (Å²) < 4.78 is 34.6. The Morgan fingerprint density at radius 2 is 1.63 bits per heavy atom. The van der Waals surface area contributed by atoms with Gasteiger partial charge in [0.2, 0.25) is 11.8 Å². The smallest absolute Gasteiger partial charge is 0.264 e. The molecule has 8 nitrogen and oxygen atoms in total. The van der Waals surface area contributed by atoms with Crippen LogP contribution in [0, 0.1) is 6.92 Å². The van der Waals surface area contributed by atoms with E-state index in [4.69, 9.17) is 4.74 Å². The monoisotopic (exact) mass is 579 g/mol. The van der Waals surface area contributed by atoms with E-state index in [1.807, 2.05) is 52.0 Å². The minimum atomic E-state index is -4.12. The zero-order chi connectivity index (χ0) is 30.2. The number of nitrogens with one attached hydrogen (secondary N) is 1. The van der Waals surface area contributed by atoms with Gasteiger partial charge in [-0.1, -0.05) is 61.9 Å². The Hall–Kier alpha value is -3.85. The molecule has 0 aromatic heterocycles. The van der Waals surface area contributed by atoms with Gasteiger partial charge in [0.25, 0.3) is 10.0 Å². The first-order chi connectivity index (χ1) is 19.5. The van der Waals surface area contributed by atoms with Crippen LogP contribution < -0.4 is 14.4 Å². The molecule has 9 heteroatoms. The van der Waals surface area contributed by atoms with Crippen molar-refractivity contribution in [1.29, 1.82) is 0 Å². The second-order valence-electron chi connectivity index (χ2n) is 10.2. The molecule has 2 atom stereocenters. The van der Waals surface area contributed by atoms with Crippen molar-refractivity contribution in [3.63, 3.8) is 0 Å². The summed E-state index contributed by atoms with van der Waals surface area (Å²) in [6.07, 6.45) is 1.31. The third-order valence-corrected chi connectivity index (χ3v) is 8.96. The number of nitrogens with zero attached hydrogens (tertiary/aromatic N) is 2. The van der Waals surface area contributed by atoms with Crippen LogP contribution in [0.1, 0.15) is 50.8 Å². The lowest BCUT2D eigenvalue weighted by Gasteiger charge is -2.33. The van der Waals surface area contributed by atoms with Gasteiger partial charge in [0.05, 0.1) is 17.7 Å². The summed E-state index contributed by atoms with van der Waals surface area (Å²) in [5.41, 5.74) is 2.90. The molecule has 3 rings (SSSR count). The van der Waals surface area contributed by atoms with Crippen molar-refractivity contribution >= 4 is 27.5 Å². The summed E-state index contributed by atoms with van der Waals surface area (Å²) in [6.45, 7) is 8.97. The molecule has 0 aliphatic heterocycles. The molecule has 0 fully saturated rings. The van der Waals surface area contributed by atoms with Crippen molar-refractivity contribution in [3.05, 3.63) is 89.5 Å². The van der Waals surface area contributed by atoms with E-state index in [9.17, 15) is 18.0 Å². The number of benzene rings is 3. The van der Waals surface area contributed by atoms with Gasteiger partial charge in [0, 0.05) is 12.6 Å². The number of amides is 2. The Morgan fingerprint density at radius 1 is 0.951 bits per heavy atom. The van der Waals surface area contributed by atoms with E-state index in [1.165, 1.54) is 4.90 Å². The lowest BCUT2D eigenvalue weighted by molar-refractivity contribution is -0.139. The zero-order valence-corrected chi connectivity index (χ0v) is 25.6. The highest BCUT2D eigenvalue weighted by Gasteiger charge is 2.33. The first-order valence-corrected chi connectivity index (χ1v) is 15.4. The van der Waals surface area contributed by atoms with Crippen molar-refractivity contribution in [2.24, 2.45) is 0 Å². The summed E-state index contributed by atoms with van der Waals surface area (Å²) in [7, 11) is -2.56. The summed E-state index contributed by atoms with van der Waals surface area (Å²) >= 11 is 0. The molecule has 1 N–H and O–H groups in total. The van der Waals surface area contributed by atoms with Crippen LogP contribution in [-0.4, -0.2) is 50.9 Å². The van der Waals surface area contributed by atoms with Gasteiger partial charge in [0.1, 0.15) is 18.3 Å². The number of hydrogen-bond acceptors (Lipinski definition) is 5. The van der Waals surface area contributed by atoms with Gasteiger partial charge in [-0.05, 0) is 75.1 Å². The molecule has 0 spiro atoms. The maximum Gasteiger partial charge on any atom is 0.264 e. The molecule has 2 amide bonds. The Kier molecular flexibility index (Phi) is 10.9. The normalized spacial score (nSPS) is 12.7. The predicted octanol–water partition coefficient (Wildman–Crippen LogP) is 5.09. The number of aryl methyl sites for hydroxylation is 2. The molecule has 220 valence electrons. The second kappa shape index (κ2) is 14.2. The first kappa shape index (κ1) is 31.7. The summed E-state index contributed by atoms with van der Waals surface area (Å²) in [6, 6.07) is 20.0. The quantitative estimate of drug-likeness (QED) is 0.304. The van der Waals surface area contributed by atoms with E-state index < -0.39 is 28.5 Å². The highest BCUT2D eigenvalue weighted by atomic mass is 32.2. The van der Waals surface area contributed by atoms with E-state index in [1.54, 1.807) is 62.6 Å². The number of ether oxygens (including phenoxy) is 1. The molecule has 0 bridgehead atoms. The van der Waals surface area contributed by atoms with Crippen molar-refractivity contribution < 1.29 is 22.7 Å². The lowest BCUT2D eigenvalue weighted by atomic mass is 10.1. The van der Waals surface area contributed by atoms with Crippen LogP contribution in [0.5, 0.6) is 5.75 Å². The molecular formula is C32H41N3O5S. The van der Waals surface area contributed by atoms with Crippen LogP contribution in [-0.2, 0) is 32.6 Å². The van der Waals surface area contributed by atoms with Gasteiger partial charge in [-0.15, -0.1) is 0 Å². The van der Waals surface area contributed by atoms with Crippen LogP contribution in [0.3, 0.4) is 0 Å². The van der Waals surface area contributed by atoms with Crippen molar-refractivity contribution in [3.8, 4) is 5.75 Å². The first-order valence-electron chi connectivity index (χ1n) is 13.9. The Balaban J connectivity index is 2.07. The maximum atomic E-state index is 14.1. The highest BCUT2D eigenvalue weighted by Crippen LogP contribution is 2.28. The summed E-state index contributed by atoms with van der Waals surface area (Å²) in [4.78, 5) is 28.9. The van der Waals surface area contributed by atoms with Crippen molar-refractivity contribution in [1.82, 2.24) is 10.2 Å². The molecule has 3 aromatic carbocycles. The fraction of sp³-hybridized carbons (Fsp3) is 0.375. The van der Waals surface area contributed by atoms with E-state index in [0.29, 0.717) is 17.9 Å². The van der Waals surface area contributed by atoms with Crippen LogP contribution in [0.15, 0.2) is 77.7 Å². The van der Waals surface area contributed by atoms with Crippen molar-refractivity contribution in [2.75, 3.05) is 18.0 Å². The summed E-state index contributed by atoms with van der Waals surface area (Å²) in [5.74, 6) is -0.189. The molecule has 0 aliphatic carbocycles. The standard InChI is InChI=1S/C32H41N3O5S/c1-7-24(4)33-32(37)25(5)34(21-26-12-11-14-28(20-26)40-6)31(36)22-35(30-15-10-9-13-27(30)8-2)41(38,39)29-18-16-23(3)17-19-29/h9-20,24-25H,7-8,21-22H2,1-6H3,(H,33,37)/t24-,25+/m1/s1. The van der Waals surface area contributed by atoms with Crippen LogP contribution in [0.2, 0.25) is 0 Å². The lowest BCUT2D eigenvalue weighted by Crippen LogP contribution is -2.52. The molecule has 0 radical (unpaired) electrons. The van der Waals surface area contributed by atoms with E-state index >= 15 is 0 Å². The van der Waals surface area contributed by atoms with Gasteiger partial charge in [-0.2, -0.15) is 0 Å². The van der Waals surface area contributed by atoms with Gasteiger partial charge < -0.3 is 15.0 Å². The minimum absolute atomic E-state index is 0.0754. The van der Waals surface area contributed by atoms with Gasteiger partial charge in [-0.25, -0.2) is 8.42 Å². The van der Waals surface area contributed by atoms with E-state index in [-0.39, 0.29) is 23.4 Å².